The molecule has 0 radical (unpaired) electrons. The van der Waals surface area contributed by atoms with Gasteiger partial charge in [0.1, 0.15) is 10.7 Å². The van der Waals surface area contributed by atoms with Crippen LogP contribution in [0.1, 0.15) is 23.8 Å². The zero-order valence-electron chi connectivity index (χ0n) is 14.5. The SMILES string of the molecule is C[C@H]1CCc2c(sc3nc(-c4ccc(N(C)C)c(Br)c4)[nH]c(=O)c23)C1. The molecule has 0 amide bonds. The summed E-state index contributed by atoms with van der Waals surface area (Å²) in [5.41, 5.74) is 3.21. The van der Waals surface area contributed by atoms with Gasteiger partial charge in [-0.15, -0.1) is 11.3 Å². The Kier molecular flexibility index (Phi) is 4.20. The molecule has 1 N–H and O–H groups in total. The predicted octanol–water partition coefficient (Wildman–Crippen LogP) is 4.60. The Balaban J connectivity index is 1.84. The van der Waals surface area contributed by atoms with Crippen molar-refractivity contribution in [1.29, 1.82) is 0 Å². The summed E-state index contributed by atoms with van der Waals surface area (Å²) in [6.07, 6.45) is 3.21. The average molecular weight is 418 g/mol. The maximum absolute atomic E-state index is 12.7. The van der Waals surface area contributed by atoms with Crippen LogP contribution in [0.3, 0.4) is 0 Å². The normalized spacial score (nSPS) is 16.9. The summed E-state index contributed by atoms with van der Waals surface area (Å²) in [5.74, 6) is 1.32. The standard InChI is InChI=1S/C19H20BrN3OS/c1-10-4-6-12-15(8-10)25-19-16(12)18(24)21-17(22-19)11-5-7-14(23(2)3)13(20)9-11/h5,7,9-10H,4,6,8H2,1-3H3,(H,21,22,24)/t10-/m0/s1. The summed E-state index contributed by atoms with van der Waals surface area (Å²) in [6.45, 7) is 2.28. The van der Waals surface area contributed by atoms with E-state index in [9.17, 15) is 4.79 Å². The van der Waals surface area contributed by atoms with E-state index >= 15 is 0 Å². The van der Waals surface area contributed by atoms with Gasteiger partial charge in [-0.2, -0.15) is 0 Å². The van der Waals surface area contributed by atoms with Crippen molar-refractivity contribution in [2.45, 2.75) is 26.2 Å². The monoisotopic (exact) mass is 417 g/mol. The van der Waals surface area contributed by atoms with Crippen LogP contribution in [0, 0.1) is 5.92 Å². The second-order valence-corrected chi connectivity index (χ2v) is 8.95. The molecule has 25 heavy (non-hydrogen) atoms. The third-order valence-corrected chi connectivity index (χ3v) is 6.65. The van der Waals surface area contributed by atoms with E-state index in [1.807, 2.05) is 37.2 Å². The van der Waals surface area contributed by atoms with E-state index in [-0.39, 0.29) is 5.56 Å². The van der Waals surface area contributed by atoms with Crippen molar-refractivity contribution in [3.63, 3.8) is 0 Å². The van der Waals surface area contributed by atoms with Crippen LogP contribution < -0.4 is 10.5 Å². The minimum Gasteiger partial charge on any atom is -0.377 e. The van der Waals surface area contributed by atoms with Gasteiger partial charge in [-0.1, -0.05) is 6.92 Å². The third-order valence-electron chi connectivity index (χ3n) is 4.87. The molecule has 1 aliphatic rings. The number of aryl methyl sites for hydroxylation is 1. The topological polar surface area (TPSA) is 49.0 Å². The van der Waals surface area contributed by atoms with Gasteiger partial charge in [-0.05, 0) is 64.9 Å². The number of hydrogen-bond donors (Lipinski definition) is 1. The molecule has 2 heterocycles. The Morgan fingerprint density at radius 3 is 2.88 bits per heavy atom. The summed E-state index contributed by atoms with van der Waals surface area (Å²) < 4.78 is 0.983. The largest absolute Gasteiger partial charge is 0.377 e. The van der Waals surface area contributed by atoms with E-state index in [0.717, 1.165) is 45.2 Å². The summed E-state index contributed by atoms with van der Waals surface area (Å²) >= 11 is 5.30. The molecule has 4 nitrogen and oxygen atoms in total. The molecule has 0 saturated carbocycles. The Hall–Kier alpha value is -1.66. The average Bonchev–Trinajstić information content (AvgIpc) is 2.91. The van der Waals surface area contributed by atoms with Gasteiger partial charge < -0.3 is 9.88 Å². The highest BCUT2D eigenvalue weighted by atomic mass is 79.9. The molecular weight excluding hydrogens is 398 g/mol. The van der Waals surface area contributed by atoms with Gasteiger partial charge in [0.25, 0.3) is 5.56 Å². The number of aromatic nitrogens is 2. The van der Waals surface area contributed by atoms with Gasteiger partial charge in [-0.25, -0.2) is 4.98 Å². The van der Waals surface area contributed by atoms with E-state index in [0.29, 0.717) is 11.7 Å². The Morgan fingerprint density at radius 1 is 1.36 bits per heavy atom. The van der Waals surface area contributed by atoms with Crippen molar-refractivity contribution in [3.8, 4) is 11.4 Å². The number of aromatic amines is 1. The molecule has 3 aromatic rings. The van der Waals surface area contributed by atoms with Crippen molar-refractivity contribution >= 4 is 43.2 Å². The van der Waals surface area contributed by atoms with Crippen LogP contribution in [-0.2, 0) is 12.8 Å². The lowest BCUT2D eigenvalue weighted by Gasteiger charge is -2.17. The van der Waals surface area contributed by atoms with Crippen molar-refractivity contribution in [1.82, 2.24) is 9.97 Å². The van der Waals surface area contributed by atoms with E-state index < -0.39 is 0 Å². The smallest absolute Gasteiger partial charge is 0.260 e. The van der Waals surface area contributed by atoms with Crippen LogP contribution in [0.2, 0.25) is 0 Å². The van der Waals surface area contributed by atoms with Gasteiger partial charge in [-0.3, -0.25) is 4.79 Å². The third kappa shape index (κ3) is 2.91. The summed E-state index contributed by atoms with van der Waals surface area (Å²) in [7, 11) is 4.01. The zero-order chi connectivity index (χ0) is 17.7. The van der Waals surface area contributed by atoms with Crippen LogP contribution >= 0.6 is 27.3 Å². The Morgan fingerprint density at radius 2 is 2.16 bits per heavy atom. The highest BCUT2D eigenvalue weighted by Gasteiger charge is 2.23. The van der Waals surface area contributed by atoms with Crippen LogP contribution in [0.15, 0.2) is 27.5 Å². The summed E-state index contributed by atoms with van der Waals surface area (Å²) in [5, 5.41) is 0.805. The van der Waals surface area contributed by atoms with Gasteiger partial charge >= 0.3 is 0 Å². The molecule has 0 bridgehead atoms. The molecule has 4 rings (SSSR count). The first-order valence-corrected chi connectivity index (χ1v) is 10.1. The molecule has 0 unspecified atom stereocenters. The number of nitrogens with zero attached hydrogens (tertiary/aromatic N) is 2. The quantitative estimate of drug-likeness (QED) is 0.662. The highest BCUT2D eigenvalue weighted by Crippen LogP contribution is 2.36. The number of halogens is 1. The minimum atomic E-state index is -0.0140. The fourth-order valence-corrected chi connectivity index (χ4v) is 5.62. The molecule has 6 heteroatoms. The van der Waals surface area contributed by atoms with Crippen molar-refractivity contribution in [2.24, 2.45) is 5.92 Å². The number of benzene rings is 1. The first-order chi connectivity index (χ1) is 11.9. The minimum absolute atomic E-state index is 0.0140. The molecule has 0 spiro atoms. The number of H-pyrrole nitrogens is 1. The lowest BCUT2D eigenvalue weighted by molar-refractivity contribution is 0.509. The van der Waals surface area contributed by atoms with Crippen LogP contribution in [0.4, 0.5) is 5.69 Å². The first-order valence-electron chi connectivity index (χ1n) is 8.46. The number of thiophene rings is 1. The van der Waals surface area contributed by atoms with Gasteiger partial charge in [0.2, 0.25) is 0 Å². The summed E-state index contributed by atoms with van der Waals surface area (Å²) in [6, 6.07) is 6.04. The van der Waals surface area contributed by atoms with Crippen LogP contribution in [0.5, 0.6) is 0 Å². The summed E-state index contributed by atoms with van der Waals surface area (Å²) in [4.78, 5) is 24.8. The number of hydrogen-bond acceptors (Lipinski definition) is 4. The lowest BCUT2D eigenvalue weighted by atomic mass is 9.89. The van der Waals surface area contributed by atoms with Crippen LogP contribution in [-0.4, -0.2) is 24.1 Å². The number of anilines is 1. The first kappa shape index (κ1) is 16.8. The Bertz CT molecular complexity index is 1020. The van der Waals surface area contributed by atoms with E-state index in [4.69, 9.17) is 4.98 Å². The molecular formula is C19H20BrN3OS. The van der Waals surface area contributed by atoms with E-state index in [1.165, 1.54) is 10.4 Å². The molecule has 0 fully saturated rings. The van der Waals surface area contributed by atoms with Gasteiger partial charge in [0, 0.05) is 29.0 Å². The number of fused-ring (bicyclic) bond motifs is 3. The van der Waals surface area contributed by atoms with Gasteiger partial charge in [0.15, 0.2) is 0 Å². The number of nitrogens with one attached hydrogen (secondary N) is 1. The van der Waals surface area contributed by atoms with E-state index in [1.54, 1.807) is 11.3 Å². The molecule has 1 aliphatic carbocycles. The van der Waals surface area contributed by atoms with Crippen molar-refractivity contribution < 1.29 is 0 Å². The fourth-order valence-electron chi connectivity index (χ4n) is 3.50. The molecule has 2 aromatic heterocycles. The van der Waals surface area contributed by atoms with E-state index in [2.05, 4.69) is 27.8 Å². The highest BCUT2D eigenvalue weighted by molar-refractivity contribution is 9.10. The van der Waals surface area contributed by atoms with Gasteiger partial charge in [0.05, 0.1) is 11.1 Å². The van der Waals surface area contributed by atoms with Crippen LogP contribution in [0.25, 0.3) is 21.6 Å². The second-order valence-electron chi connectivity index (χ2n) is 7.01. The molecule has 0 aliphatic heterocycles. The molecule has 1 atom stereocenters. The second kappa shape index (κ2) is 6.25. The predicted molar refractivity (Wildman–Crippen MR) is 109 cm³/mol. The number of rotatable bonds is 2. The zero-order valence-corrected chi connectivity index (χ0v) is 16.9. The van der Waals surface area contributed by atoms with Crippen molar-refractivity contribution in [3.05, 3.63) is 43.5 Å². The Labute approximate surface area is 159 Å². The van der Waals surface area contributed by atoms with Crippen molar-refractivity contribution in [2.75, 3.05) is 19.0 Å². The molecule has 130 valence electrons. The molecule has 1 aromatic carbocycles. The maximum Gasteiger partial charge on any atom is 0.260 e. The maximum atomic E-state index is 12.7. The fraction of sp³-hybridized carbons (Fsp3) is 0.368. The molecule has 0 saturated heterocycles. The lowest BCUT2D eigenvalue weighted by Crippen LogP contribution is -2.13.